The van der Waals surface area contributed by atoms with E-state index >= 15 is 0 Å². The van der Waals surface area contributed by atoms with Crippen LogP contribution in [0.15, 0.2) is 176 Å². The molecule has 0 bridgehead atoms. The lowest BCUT2D eigenvalue weighted by molar-refractivity contribution is -0.386. The van der Waals surface area contributed by atoms with Gasteiger partial charge in [-0.25, -0.2) is 4.79 Å². The Hall–Kier alpha value is -7.30. The Morgan fingerprint density at radius 2 is 0.802 bits per heavy atom. The molecule has 3 saturated heterocycles. The molecule has 3 aliphatic rings. The van der Waals surface area contributed by atoms with Crippen LogP contribution >= 0.6 is 34.8 Å². The summed E-state index contributed by atoms with van der Waals surface area (Å²) in [6, 6.07) is 52.4. The number of ether oxygens (including phenoxy) is 17. The number of alkyl carbamates (subject to hydrolysis) is 1. The Labute approximate surface area is 602 Å². The predicted octanol–water partition coefficient (Wildman–Crippen LogP) is 11.2. The van der Waals surface area contributed by atoms with E-state index in [1.165, 1.54) is 0 Å². The molecule has 0 spiro atoms. The van der Waals surface area contributed by atoms with Gasteiger partial charge in [-0.05, 0) is 66.3 Å². The number of methoxy groups -OCH3 is 1. The molecule has 544 valence electrons. The van der Waals surface area contributed by atoms with E-state index in [2.05, 4.69) is 5.32 Å². The van der Waals surface area contributed by atoms with Crippen molar-refractivity contribution in [3.05, 3.63) is 209 Å². The van der Waals surface area contributed by atoms with Crippen molar-refractivity contribution in [3.63, 3.8) is 0 Å². The van der Waals surface area contributed by atoms with E-state index in [-0.39, 0.29) is 52.9 Å². The van der Waals surface area contributed by atoms with E-state index in [0.717, 1.165) is 43.0 Å². The van der Waals surface area contributed by atoms with E-state index in [4.69, 9.17) is 115 Å². The van der Waals surface area contributed by atoms with E-state index in [1.54, 1.807) is 52.1 Å². The summed E-state index contributed by atoms with van der Waals surface area (Å²) >= 11 is 18.2. The molecule has 1 amide bonds. The third-order valence-corrected chi connectivity index (χ3v) is 16.5. The number of benzene rings is 6. The number of carbonyl (C=O) groups excluding carboxylic acids is 5. The van der Waals surface area contributed by atoms with Gasteiger partial charge in [0.2, 0.25) is 3.79 Å². The summed E-state index contributed by atoms with van der Waals surface area (Å²) in [6.07, 6.45) is -21.4. The molecule has 9 rings (SSSR count). The number of rotatable bonds is 32. The highest BCUT2D eigenvalue weighted by Gasteiger charge is 2.59. The first-order valence-electron chi connectivity index (χ1n) is 33.0. The minimum absolute atomic E-state index is 0.0256. The molecule has 1 N–H and O–H groups in total. The molecule has 0 unspecified atom stereocenters. The number of hydrogen-bond acceptors (Lipinski definition) is 22. The zero-order valence-electron chi connectivity index (χ0n) is 57.1. The smallest absolute Gasteiger partial charge is 0.407 e. The van der Waals surface area contributed by atoms with Crippen LogP contribution in [0.2, 0.25) is 0 Å². The van der Waals surface area contributed by atoms with Gasteiger partial charge in [-0.1, -0.05) is 199 Å². The first kappa shape index (κ1) is 77.8. The average Bonchev–Trinajstić information content (AvgIpc) is 0.764. The van der Waals surface area contributed by atoms with Crippen LogP contribution in [0.25, 0.3) is 0 Å². The molecule has 0 radical (unpaired) electrons. The van der Waals surface area contributed by atoms with Crippen molar-refractivity contribution in [3.8, 4) is 5.75 Å². The molecule has 3 heterocycles. The van der Waals surface area contributed by atoms with Crippen LogP contribution in [0.4, 0.5) is 4.79 Å². The molecule has 26 heteroatoms. The van der Waals surface area contributed by atoms with E-state index in [9.17, 15) is 24.0 Å². The van der Waals surface area contributed by atoms with Gasteiger partial charge in [0, 0.05) is 20.8 Å². The van der Waals surface area contributed by atoms with Gasteiger partial charge in [0.05, 0.1) is 65.4 Å². The first-order valence-corrected chi connectivity index (χ1v) is 34.1. The van der Waals surface area contributed by atoms with Crippen molar-refractivity contribution in [1.29, 1.82) is 0 Å². The Kier molecular flexibility index (Phi) is 29.5. The third kappa shape index (κ3) is 24.2. The number of amides is 1. The maximum Gasteiger partial charge on any atom is 0.407 e. The largest absolute Gasteiger partial charge is 0.497 e. The maximum atomic E-state index is 14.6. The Bertz CT molecular complexity index is 3510. The zero-order valence-corrected chi connectivity index (χ0v) is 59.4. The third-order valence-electron chi connectivity index (χ3n) is 16.2. The van der Waals surface area contributed by atoms with Gasteiger partial charge < -0.3 is 85.8 Å². The fourth-order valence-electron chi connectivity index (χ4n) is 11.3. The molecule has 0 aliphatic carbocycles. The van der Waals surface area contributed by atoms with Crippen LogP contribution in [-0.2, 0) is 135 Å². The zero-order chi connectivity index (χ0) is 71.9. The second-order valence-corrected chi connectivity index (χ2v) is 27.7. The molecule has 0 saturated carbocycles. The van der Waals surface area contributed by atoms with Gasteiger partial charge in [-0.15, -0.1) is 0 Å². The molecule has 3 aliphatic heterocycles. The fourth-order valence-corrected chi connectivity index (χ4v) is 11.5. The van der Waals surface area contributed by atoms with Crippen molar-refractivity contribution in [1.82, 2.24) is 5.32 Å². The summed E-state index contributed by atoms with van der Waals surface area (Å²) in [7, 11) is 1.54. The van der Waals surface area contributed by atoms with Gasteiger partial charge in [-0.3, -0.25) is 19.2 Å². The molecule has 3 fully saturated rings. The summed E-state index contributed by atoms with van der Waals surface area (Å²) in [5.41, 5.74) is 3.50. The van der Waals surface area contributed by atoms with E-state index < -0.39 is 144 Å². The standard InChI is InChI=1S/C75H86Cl3NO22/c1-47(80)88-45-59-61(94-48(2)81)64(95-49(3)82)60(79-73(84)93-46-75(76,77)78)69(96-59)99-62-58(44-87-38-51-25-15-9-16-26-51)98-71(67(91-40-53-29-19-11-20-30-53)65(62)89-41-55-33-35-56(85-7)36-34-55)100-63-57(43-86-37-50-23-13-8-14-24-50)97-70(92-42-54-31-21-12-22-32-54)68(101-72(83)74(4,5)6)66(63)90-39-52-27-17-10-18-28-52/h8-36,57-71H,37-46H2,1-7H3,(H,79,84)/t57-,58-,59-,60-,61+,62+,63-,64-,65+,66+,67-,68-,69+,70-,71+/m1/s1. The van der Waals surface area contributed by atoms with Crippen LogP contribution in [0.5, 0.6) is 5.75 Å². The topological polar surface area (TPSA) is 254 Å². The van der Waals surface area contributed by atoms with Crippen molar-refractivity contribution < 1.29 is 104 Å². The number of esters is 4. The molecular weight excluding hydrogens is 1370 g/mol. The van der Waals surface area contributed by atoms with Crippen molar-refractivity contribution in [2.75, 3.05) is 33.5 Å². The van der Waals surface area contributed by atoms with Crippen LogP contribution in [0.3, 0.4) is 0 Å². The van der Waals surface area contributed by atoms with Crippen molar-refractivity contribution in [2.24, 2.45) is 5.41 Å². The molecule has 101 heavy (non-hydrogen) atoms. The fraction of sp³-hybridized carbons (Fsp3) is 0.453. The van der Waals surface area contributed by atoms with Gasteiger partial charge in [0.25, 0.3) is 0 Å². The number of carbonyl (C=O) groups is 5. The van der Waals surface area contributed by atoms with Crippen LogP contribution in [0, 0.1) is 5.41 Å². The summed E-state index contributed by atoms with van der Waals surface area (Å²) in [4.78, 5) is 67.8. The lowest BCUT2D eigenvalue weighted by Gasteiger charge is -2.51. The van der Waals surface area contributed by atoms with Gasteiger partial charge in [0.1, 0.15) is 73.8 Å². The van der Waals surface area contributed by atoms with Crippen molar-refractivity contribution in [2.45, 2.75) is 177 Å². The molecule has 6 aromatic rings. The molecule has 6 aromatic carbocycles. The quantitative estimate of drug-likeness (QED) is 0.0234. The van der Waals surface area contributed by atoms with Crippen molar-refractivity contribution >= 4 is 64.8 Å². The molecule has 23 nitrogen and oxygen atoms in total. The summed E-state index contributed by atoms with van der Waals surface area (Å²) < 4.78 is 110. The van der Waals surface area contributed by atoms with Crippen LogP contribution in [-0.4, -0.2) is 159 Å². The normalized spacial score (nSPS) is 25.2. The summed E-state index contributed by atoms with van der Waals surface area (Å²) in [5, 5.41) is 2.64. The first-order chi connectivity index (χ1) is 48.6. The SMILES string of the molecule is COc1ccc(CO[C@H]2[C@@H](O[C@@H]3O[C@H](COC(C)=O)[C@H](OC(C)=O)[C@H](OC(C)=O)[C@H]3NC(=O)OCC(Cl)(Cl)Cl)[C@@H](COCc3ccccc3)O[C@@H](O[C@H]3[C@H](OCc4ccccc4)[C@@H](OC(=O)C(C)(C)C)[C@H](OCc4ccccc4)O[C@@H]3COCc3ccccc3)[C@@H]2OCc2ccccc2)cc1. The number of halogens is 3. The molecule has 0 aromatic heterocycles. The van der Waals surface area contributed by atoms with Crippen LogP contribution < -0.4 is 10.1 Å². The monoisotopic (exact) mass is 1460 g/mol. The highest BCUT2D eigenvalue weighted by Crippen LogP contribution is 2.40. The van der Waals surface area contributed by atoms with E-state index in [1.807, 2.05) is 152 Å². The Morgan fingerprint density at radius 1 is 0.406 bits per heavy atom. The minimum Gasteiger partial charge on any atom is -0.497 e. The second-order valence-electron chi connectivity index (χ2n) is 25.2. The summed E-state index contributed by atoms with van der Waals surface area (Å²) in [5.74, 6) is -2.58. The number of alkyl halides is 3. The Balaban J connectivity index is 1.23. The van der Waals surface area contributed by atoms with Gasteiger partial charge in [-0.2, -0.15) is 0 Å². The lowest BCUT2D eigenvalue weighted by atomic mass is 9.94. The van der Waals surface area contributed by atoms with Gasteiger partial charge >= 0.3 is 30.0 Å². The number of hydrogen-bond donors (Lipinski definition) is 1. The summed E-state index contributed by atoms with van der Waals surface area (Å²) in [6.45, 7) is 6.57. The highest BCUT2D eigenvalue weighted by atomic mass is 35.6. The molecular formula is C75H86Cl3NO22. The Morgan fingerprint density at radius 3 is 1.25 bits per heavy atom. The highest BCUT2D eigenvalue weighted by molar-refractivity contribution is 6.67. The number of nitrogens with one attached hydrogen (secondary N) is 1. The predicted molar refractivity (Wildman–Crippen MR) is 366 cm³/mol. The van der Waals surface area contributed by atoms with Crippen LogP contribution in [0.1, 0.15) is 74.9 Å². The second kappa shape index (κ2) is 38.3. The average molecular weight is 1460 g/mol. The van der Waals surface area contributed by atoms with Gasteiger partial charge in [0.15, 0.2) is 37.2 Å². The lowest BCUT2D eigenvalue weighted by Crippen LogP contribution is -2.70. The molecule has 15 atom stereocenters. The van der Waals surface area contributed by atoms with E-state index in [0.29, 0.717) is 16.9 Å². The minimum atomic E-state index is -2.10. The maximum absolute atomic E-state index is 14.6.